The second-order valence-corrected chi connectivity index (χ2v) is 16.9. The lowest BCUT2D eigenvalue weighted by atomic mass is 9.92. The highest BCUT2D eigenvalue weighted by molar-refractivity contribution is 6.31. The Bertz CT molecular complexity index is 2190. The van der Waals surface area contributed by atoms with E-state index in [1.165, 1.54) is 11.0 Å². The first kappa shape index (κ1) is 38.3. The summed E-state index contributed by atoms with van der Waals surface area (Å²) in [6.45, 7) is 6.59. The minimum Gasteiger partial charge on any atom is -0.490 e. The Morgan fingerprint density at radius 2 is 1.55 bits per heavy atom. The lowest BCUT2D eigenvalue weighted by Gasteiger charge is -2.40. The fourth-order valence-corrected chi connectivity index (χ4v) is 9.93. The smallest absolute Gasteiger partial charge is 0.256 e. The molecule has 1 saturated carbocycles. The van der Waals surface area contributed by atoms with Gasteiger partial charge in [-0.05, 0) is 92.3 Å². The highest BCUT2D eigenvalue weighted by Crippen LogP contribution is 2.36. The van der Waals surface area contributed by atoms with Crippen LogP contribution in [0, 0.1) is 23.1 Å². The minimum atomic E-state index is -0.728. The Hall–Kier alpha value is -5.26. The van der Waals surface area contributed by atoms with Crippen LogP contribution in [0.4, 0.5) is 15.9 Å². The molecule has 3 aromatic rings. The van der Waals surface area contributed by atoms with Crippen LogP contribution in [0.15, 0.2) is 42.6 Å². The molecule has 1 N–H and O–H groups in total. The summed E-state index contributed by atoms with van der Waals surface area (Å²) in [5, 5.41) is 11.8. The maximum absolute atomic E-state index is 15.5. The Balaban J connectivity index is 0.731. The van der Waals surface area contributed by atoms with Gasteiger partial charge in [0.05, 0.1) is 27.9 Å². The van der Waals surface area contributed by atoms with E-state index < -0.39 is 17.8 Å². The minimum absolute atomic E-state index is 0.0400. The summed E-state index contributed by atoms with van der Waals surface area (Å²) >= 11 is 6.19. The molecule has 9 rings (SSSR count). The van der Waals surface area contributed by atoms with Crippen LogP contribution in [0.3, 0.4) is 0 Å². The number of nitrogens with zero attached hydrogens (tertiary/aromatic N) is 7. The summed E-state index contributed by atoms with van der Waals surface area (Å²) in [5.74, 6) is 0.571. The predicted molar refractivity (Wildman–Crippen MR) is 213 cm³/mol. The van der Waals surface area contributed by atoms with E-state index in [2.05, 4.69) is 32.2 Å². The third-order valence-corrected chi connectivity index (χ3v) is 13.3. The van der Waals surface area contributed by atoms with Crippen molar-refractivity contribution >= 4 is 46.7 Å². The van der Waals surface area contributed by atoms with E-state index in [1.54, 1.807) is 30.5 Å². The molecule has 5 aliphatic heterocycles. The summed E-state index contributed by atoms with van der Waals surface area (Å²) in [6.07, 6.45) is 7.72. The molecule has 302 valence electrons. The van der Waals surface area contributed by atoms with Gasteiger partial charge in [-0.15, -0.1) is 0 Å². The Morgan fingerprint density at radius 1 is 0.828 bits per heavy atom. The maximum Gasteiger partial charge on any atom is 0.256 e. The number of benzene rings is 2. The number of imide groups is 1. The van der Waals surface area contributed by atoms with Crippen molar-refractivity contribution in [2.24, 2.45) is 5.92 Å². The van der Waals surface area contributed by atoms with Crippen molar-refractivity contribution in [3.8, 4) is 11.8 Å². The van der Waals surface area contributed by atoms with Crippen molar-refractivity contribution < 1.29 is 28.3 Å². The first-order chi connectivity index (χ1) is 28.1. The number of piperazine rings is 1. The number of rotatable bonds is 8. The van der Waals surface area contributed by atoms with Gasteiger partial charge in [-0.2, -0.15) is 5.26 Å². The zero-order valence-electron chi connectivity index (χ0n) is 32.3. The van der Waals surface area contributed by atoms with E-state index in [9.17, 15) is 19.2 Å². The molecule has 6 heterocycles. The highest BCUT2D eigenvalue weighted by atomic mass is 35.5. The zero-order valence-corrected chi connectivity index (χ0v) is 33.1. The van der Waals surface area contributed by atoms with Crippen molar-refractivity contribution in [3.05, 3.63) is 81.3 Å². The molecule has 15 heteroatoms. The summed E-state index contributed by atoms with van der Waals surface area (Å²) < 4.78 is 21.6. The molecule has 4 amide bonds. The number of hydrogen-bond donors (Lipinski definition) is 1. The molecule has 4 fully saturated rings. The Labute approximate surface area is 341 Å². The van der Waals surface area contributed by atoms with Crippen LogP contribution >= 0.6 is 11.6 Å². The molecular weight excluding hydrogens is 763 g/mol. The lowest BCUT2D eigenvalue weighted by molar-refractivity contribution is -0.136. The second-order valence-electron chi connectivity index (χ2n) is 16.5. The van der Waals surface area contributed by atoms with Crippen molar-refractivity contribution in [2.75, 3.05) is 55.6 Å². The predicted octanol–water partition coefficient (Wildman–Crippen LogP) is 4.89. The van der Waals surface area contributed by atoms with Crippen LogP contribution in [-0.2, 0) is 22.7 Å². The molecule has 1 unspecified atom stereocenters. The van der Waals surface area contributed by atoms with Crippen molar-refractivity contribution in [3.63, 3.8) is 0 Å². The average molecular weight is 809 g/mol. The summed E-state index contributed by atoms with van der Waals surface area (Å²) in [5.41, 5.74) is 3.65. The second kappa shape index (κ2) is 15.8. The monoisotopic (exact) mass is 808 g/mol. The normalized spacial score (nSPS) is 24.2. The molecular formula is C43H46ClFN8O5. The fraction of sp³-hybridized carbons (Fsp3) is 0.488. The van der Waals surface area contributed by atoms with Gasteiger partial charge in [0.15, 0.2) is 0 Å². The van der Waals surface area contributed by atoms with Gasteiger partial charge in [0.1, 0.15) is 29.5 Å². The van der Waals surface area contributed by atoms with E-state index in [4.69, 9.17) is 26.6 Å². The molecule has 2 aromatic carbocycles. The van der Waals surface area contributed by atoms with Crippen molar-refractivity contribution in [1.29, 1.82) is 5.26 Å². The number of nitriles is 1. The molecule has 1 aliphatic carbocycles. The van der Waals surface area contributed by atoms with Gasteiger partial charge in [0, 0.05) is 89.2 Å². The molecule has 58 heavy (non-hydrogen) atoms. The van der Waals surface area contributed by atoms with Gasteiger partial charge in [-0.25, -0.2) is 9.37 Å². The van der Waals surface area contributed by atoms with E-state index in [0.717, 1.165) is 82.6 Å². The number of carbonyl (C=O) groups excluding carboxylic acids is 4. The average Bonchev–Trinajstić information content (AvgIpc) is 3.73. The van der Waals surface area contributed by atoms with Crippen molar-refractivity contribution in [1.82, 2.24) is 25.0 Å². The molecule has 0 spiro atoms. The third-order valence-electron chi connectivity index (χ3n) is 13.0. The van der Waals surface area contributed by atoms with Gasteiger partial charge in [0.2, 0.25) is 11.8 Å². The van der Waals surface area contributed by atoms with Gasteiger partial charge in [-0.3, -0.25) is 29.4 Å². The van der Waals surface area contributed by atoms with Crippen LogP contribution < -0.4 is 19.9 Å². The number of pyridine rings is 1. The van der Waals surface area contributed by atoms with E-state index in [-0.39, 0.29) is 54.8 Å². The number of aromatic nitrogens is 1. The molecule has 6 aliphatic rings. The summed E-state index contributed by atoms with van der Waals surface area (Å²) in [4.78, 5) is 65.8. The van der Waals surface area contributed by atoms with Crippen LogP contribution in [0.2, 0.25) is 5.02 Å². The van der Waals surface area contributed by atoms with Crippen LogP contribution in [0.25, 0.3) is 0 Å². The maximum atomic E-state index is 15.5. The summed E-state index contributed by atoms with van der Waals surface area (Å²) in [7, 11) is 0. The number of nitrogens with one attached hydrogen (secondary N) is 1. The first-order valence-electron chi connectivity index (χ1n) is 20.5. The number of fused-ring (bicyclic) bond motifs is 2. The molecule has 0 radical (unpaired) electrons. The SMILES string of the molecule is N#Cc1ccc(OC2CCC(N3Cc4cc(N5CCC(CN6CCN(c7cc8c(cc7F)C(=O)N(C7CCC(=O)NC7=O)C8)CC6)CC5)ncc4C3=O)CC2)cc1Cl. The van der Waals surface area contributed by atoms with Crippen LogP contribution in [0.5, 0.6) is 5.75 Å². The number of amides is 4. The van der Waals surface area contributed by atoms with Gasteiger partial charge < -0.3 is 24.3 Å². The van der Waals surface area contributed by atoms with E-state index in [1.807, 2.05) is 4.90 Å². The zero-order chi connectivity index (χ0) is 40.1. The lowest BCUT2D eigenvalue weighted by Crippen LogP contribution is -2.52. The quantitative estimate of drug-likeness (QED) is 0.313. The fourth-order valence-electron chi connectivity index (χ4n) is 9.71. The number of ether oxygens (including phenoxy) is 1. The molecule has 13 nitrogen and oxygen atoms in total. The number of halogens is 2. The highest BCUT2D eigenvalue weighted by Gasteiger charge is 2.40. The molecule has 1 aromatic heterocycles. The third kappa shape index (κ3) is 7.46. The Morgan fingerprint density at radius 3 is 2.28 bits per heavy atom. The topological polar surface area (TPSA) is 142 Å². The number of carbonyl (C=O) groups is 4. The van der Waals surface area contributed by atoms with Gasteiger partial charge in [-0.1, -0.05) is 11.6 Å². The number of piperidine rings is 2. The molecule has 1 atom stereocenters. The summed E-state index contributed by atoms with van der Waals surface area (Å²) in [6, 6.07) is 11.8. The molecule has 0 bridgehead atoms. The number of hydrogen-bond acceptors (Lipinski definition) is 10. The molecule has 3 saturated heterocycles. The van der Waals surface area contributed by atoms with E-state index >= 15 is 4.39 Å². The Kier molecular flexibility index (Phi) is 10.4. The standard InChI is InChI=1S/C43H46ClFN8O5/c44-35-19-32(4-1-27(35)21-46)58-31-5-2-30(3-6-31)52-24-29-18-39(47-22-34(29)43(52)57)51-11-9-26(10-12-51)23-49-13-15-50(16-14-49)38-17-28-25-53(42(56)33(28)20-36(38)45)37-7-8-40(54)48-41(37)55/h1,4,17-20,22,26,30-31,37H,2-3,5-16,23-25H2,(H,48,54,55). The van der Waals surface area contributed by atoms with Crippen LogP contribution in [0.1, 0.15) is 88.8 Å². The first-order valence-corrected chi connectivity index (χ1v) is 20.8. The van der Waals surface area contributed by atoms with Crippen LogP contribution in [-0.4, -0.2) is 107 Å². The van der Waals surface area contributed by atoms with E-state index in [0.29, 0.717) is 58.7 Å². The number of anilines is 2. The van der Waals surface area contributed by atoms with Gasteiger partial charge in [0.25, 0.3) is 11.8 Å². The van der Waals surface area contributed by atoms with Gasteiger partial charge >= 0.3 is 0 Å². The van der Waals surface area contributed by atoms with Crippen molar-refractivity contribution in [2.45, 2.75) is 82.6 Å². The largest absolute Gasteiger partial charge is 0.490 e.